The van der Waals surface area contributed by atoms with E-state index in [4.69, 9.17) is 4.74 Å². The molecule has 0 amide bonds. The van der Waals surface area contributed by atoms with Crippen molar-refractivity contribution < 1.29 is 19.0 Å². The van der Waals surface area contributed by atoms with E-state index in [0.29, 0.717) is 27.7 Å². The summed E-state index contributed by atoms with van der Waals surface area (Å²) in [6.07, 6.45) is 0. The number of aromatic nitrogens is 2. The lowest BCUT2D eigenvalue weighted by atomic mass is 9.99. The molecule has 3 aromatic rings. The minimum Gasteiger partial charge on any atom is -0.505 e. The molecule has 1 N–H and O–H groups in total. The fraction of sp³-hybridized carbons (Fsp3) is 0.300. The summed E-state index contributed by atoms with van der Waals surface area (Å²) >= 11 is 0. The van der Waals surface area contributed by atoms with Crippen molar-refractivity contribution in [1.29, 1.82) is 0 Å². The third-order valence-electron chi connectivity index (χ3n) is 4.54. The van der Waals surface area contributed by atoms with E-state index in [1.807, 2.05) is 19.1 Å². The standard InChI is InChI=1S/C20H21FN2O4/c1-5-27-17(24)10-23-16-7-11(2)6-14(18(16)22(4)20(23)26)13-8-12(3)19(25)15(21)9-13/h6-9,25H,5,10H2,1-4H3. The minimum atomic E-state index is -0.726. The molecule has 0 bridgehead atoms. The number of esters is 1. The number of hydrogen-bond acceptors (Lipinski definition) is 4. The highest BCUT2D eigenvalue weighted by Crippen LogP contribution is 2.33. The Balaban J connectivity index is 2.30. The molecule has 0 spiro atoms. The first kappa shape index (κ1) is 18.7. The summed E-state index contributed by atoms with van der Waals surface area (Å²) in [7, 11) is 1.61. The van der Waals surface area contributed by atoms with Crippen molar-refractivity contribution in [1.82, 2.24) is 9.13 Å². The maximum Gasteiger partial charge on any atom is 0.329 e. The van der Waals surface area contributed by atoms with Crippen LogP contribution in [0.1, 0.15) is 18.1 Å². The average molecular weight is 372 g/mol. The zero-order valence-corrected chi connectivity index (χ0v) is 15.7. The highest BCUT2D eigenvalue weighted by Gasteiger charge is 2.19. The topological polar surface area (TPSA) is 73.5 Å². The summed E-state index contributed by atoms with van der Waals surface area (Å²) in [5.74, 6) is -1.62. The Labute approximate surface area is 155 Å². The number of aromatic hydroxyl groups is 1. The lowest BCUT2D eigenvalue weighted by Crippen LogP contribution is -2.26. The number of phenolic OH excluding ortho intramolecular Hbond substituents is 1. The molecule has 3 rings (SSSR count). The lowest BCUT2D eigenvalue weighted by Gasteiger charge is -2.10. The van der Waals surface area contributed by atoms with Crippen LogP contribution in [0.4, 0.5) is 4.39 Å². The van der Waals surface area contributed by atoms with E-state index in [2.05, 4.69) is 0 Å². The summed E-state index contributed by atoms with van der Waals surface area (Å²) in [4.78, 5) is 24.6. The number of rotatable bonds is 4. The van der Waals surface area contributed by atoms with Gasteiger partial charge in [0.15, 0.2) is 11.6 Å². The summed E-state index contributed by atoms with van der Waals surface area (Å²) in [6.45, 7) is 5.21. The number of nitrogens with zero attached hydrogens (tertiary/aromatic N) is 2. The largest absolute Gasteiger partial charge is 0.505 e. The van der Waals surface area contributed by atoms with Crippen molar-refractivity contribution in [2.75, 3.05) is 6.61 Å². The van der Waals surface area contributed by atoms with Crippen LogP contribution in [-0.2, 0) is 23.1 Å². The summed E-state index contributed by atoms with van der Waals surface area (Å²) < 4.78 is 21.8. The Morgan fingerprint density at radius 2 is 1.93 bits per heavy atom. The van der Waals surface area contributed by atoms with Crippen LogP contribution in [0, 0.1) is 19.7 Å². The maximum atomic E-state index is 14.1. The number of fused-ring (bicyclic) bond motifs is 1. The van der Waals surface area contributed by atoms with E-state index in [9.17, 15) is 19.1 Å². The normalized spacial score (nSPS) is 11.1. The molecule has 0 aliphatic rings. The van der Waals surface area contributed by atoms with Crippen LogP contribution in [0.5, 0.6) is 5.75 Å². The molecular weight excluding hydrogens is 351 g/mol. The van der Waals surface area contributed by atoms with Gasteiger partial charge in [0.25, 0.3) is 0 Å². The fourth-order valence-electron chi connectivity index (χ4n) is 3.30. The highest BCUT2D eigenvalue weighted by molar-refractivity contribution is 5.94. The van der Waals surface area contributed by atoms with Crippen molar-refractivity contribution in [2.24, 2.45) is 7.05 Å². The molecule has 0 aliphatic carbocycles. The number of halogens is 1. The van der Waals surface area contributed by atoms with Crippen molar-refractivity contribution in [3.63, 3.8) is 0 Å². The number of aryl methyl sites for hydroxylation is 3. The van der Waals surface area contributed by atoms with E-state index in [-0.39, 0.29) is 18.8 Å². The molecule has 0 saturated carbocycles. The predicted molar refractivity (Wildman–Crippen MR) is 100 cm³/mol. The Kier molecular flexibility index (Phi) is 4.78. The predicted octanol–water partition coefficient (Wildman–Crippen LogP) is 3.03. The van der Waals surface area contributed by atoms with Gasteiger partial charge >= 0.3 is 11.7 Å². The monoisotopic (exact) mass is 372 g/mol. The van der Waals surface area contributed by atoms with Crippen LogP contribution in [-0.4, -0.2) is 26.8 Å². The van der Waals surface area contributed by atoms with Crippen LogP contribution in [0.25, 0.3) is 22.2 Å². The van der Waals surface area contributed by atoms with Gasteiger partial charge < -0.3 is 9.84 Å². The first-order valence-corrected chi connectivity index (χ1v) is 8.59. The molecule has 1 aromatic heterocycles. The van der Waals surface area contributed by atoms with Gasteiger partial charge in [-0.15, -0.1) is 0 Å². The van der Waals surface area contributed by atoms with Crippen LogP contribution in [0.2, 0.25) is 0 Å². The van der Waals surface area contributed by atoms with Gasteiger partial charge in [0.05, 0.1) is 17.6 Å². The van der Waals surface area contributed by atoms with Crippen molar-refractivity contribution >= 4 is 17.0 Å². The van der Waals surface area contributed by atoms with Crippen molar-refractivity contribution in [2.45, 2.75) is 27.3 Å². The SMILES string of the molecule is CCOC(=O)Cn1c(=O)n(C)c2c(-c3cc(C)c(O)c(F)c3)cc(C)cc21. The third kappa shape index (κ3) is 3.20. The zero-order chi connectivity index (χ0) is 19.9. The molecule has 2 aromatic carbocycles. The smallest absolute Gasteiger partial charge is 0.329 e. The molecule has 0 atom stereocenters. The fourth-order valence-corrected chi connectivity index (χ4v) is 3.30. The molecular formula is C20H21FN2O4. The van der Waals surface area contributed by atoms with Gasteiger partial charge in [-0.3, -0.25) is 13.9 Å². The second-order valence-electron chi connectivity index (χ2n) is 6.54. The summed E-state index contributed by atoms with van der Waals surface area (Å²) in [5, 5.41) is 9.71. The van der Waals surface area contributed by atoms with Gasteiger partial charge in [-0.1, -0.05) is 0 Å². The van der Waals surface area contributed by atoms with E-state index >= 15 is 0 Å². The lowest BCUT2D eigenvalue weighted by molar-refractivity contribution is -0.143. The third-order valence-corrected chi connectivity index (χ3v) is 4.54. The van der Waals surface area contributed by atoms with Crippen molar-refractivity contribution in [3.05, 3.63) is 51.7 Å². The number of carbonyl (C=O) groups is 1. The number of imidazole rings is 1. The molecule has 0 radical (unpaired) electrons. The van der Waals surface area contributed by atoms with Crippen LogP contribution < -0.4 is 5.69 Å². The van der Waals surface area contributed by atoms with Gasteiger partial charge in [0.2, 0.25) is 0 Å². The zero-order valence-electron chi connectivity index (χ0n) is 15.7. The Hall–Kier alpha value is -3.09. The molecule has 1 heterocycles. The summed E-state index contributed by atoms with van der Waals surface area (Å²) in [5.41, 5.74) is 3.23. The second kappa shape index (κ2) is 6.90. The number of phenols is 1. The molecule has 0 fully saturated rings. The number of hydrogen-bond donors (Lipinski definition) is 1. The van der Waals surface area contributed by atoms with E-state index in [0.717, 1.165) is 5.56 Å². The van der Waals surface area contributed by atoms with Gasteiger partial charge in [-0.2, -0.15) is 0 Å². The van der Waals surface area contributed by atoms with Gasteiger partial charge in [0.1, 0.15) is 6.54 Å². The molecule has 0 aliphatic heterocycles. The Morgan fingerprint density at radius 3 is 2.56 bits per heavy atom. The van der Waals surface area contributed by atoms with Crippen LogP contribution >= 0.6 is 0 Å². The molecule has 0 saturated heterocycles. The van der Waals surface area contributed by atoms with Crippen molar-refractivity contribution in [3.8, 4) is 16.9 Å². The quantitative estimate of drug-likeness (QED) is 0.715. The van der Waals surface area contributed by atoms with Gasteiger partial charge in [0, 0.05) is 12.6 Å². The Morgan fingerprint density at radius 1 is 1.22 bits per heavy atom. The first-order valence-electron chi connectivity index (χ1n) is 8.59. The van der Waals surface area contributed by atoms with Crippen LogP contribution in [0.3, 0.4) is 0 Å². The number of benzene rings is 2. The van der Waals surface area contributed by atoms with Gasteiger partial charge in [-0.05, 0) is 61.7 Å². The number of carbonyl (C=O) groups excluding carboxylic acids is 1. The summed E-state index contributed by atoms with van der Waals surface area (Å²) in [6, 6.07) is 6.56. The first-order chi connectivity index (χ1) is 12.7. The number of ether oxygens (including phenoxy) is 1. The van der Waals surface area contributed by atoms with E-state index in [1.165, 1.54) is 15.2 Å². The molecule has 142 valence electrons. The highest BCUT2D eigenvalue weighted by atomic mass is 19.1. The second-order valence-corrected chi connectivity index (χ2v) is 6.54. The average Bonchev–Trinajstić information content (AvgIpc) is 2.83. The Bertz CT molecular complexity index is 1090. The molecule has 6 nitrogen and oxygen atoms in total. The van der Waals surface area contributed by atoms with E-state index in [1.54, 1.807) is 27.0 Å². The molecule has 7 heteroatoms. The minimum absolute atomic E-state index is 0.199. The maximum absolute atomic E-state index is 14.1. The molecule has 27 heavy (non-hydrogen) atoms. The van der Waals surface area contributed by atoms with Crippen LogP contribution in [0.15, 0.2) is 29.1 Å². The molecule has 0 unspecified atom stereocenters. The van der Waals surface area contributed by atoms with Gasteiger partial charge in [-0.25, -0.2) is 9.18 Å². The van der Waals surface area contributed by atoms with E-state index < -0.39 is 17.5 Å².